The summed E-state index contributed by atoms with van der Waals surface area (Å²) < 4.78 is 3.70. The summed E-state index contributed by atoms with van der Waals surface area (Å²) in [5.74, 6) is 0. The molecule has 2 heterocycles. The Bertz CT molecular complexity index is 1070. The third-order valence-electron chi connectivity index (χ3n) is 6.77. The predicted molar refractivity (Wildman–Crippen MR) is 117 cm³/mol. The van der Waals surface area contributed by atoms with Crippen LogP contribution in [-0.2, 0) is 26.4 Å². The van der Waals surface area contributed by atoms with Crippen LogP contribution in [0, 0.1) is 0 Å². The Balaban J connectivity index is 1.48. The van der Waals surface area contributed by atoms with E-state index in [0.29, 0.717) is 6.04 Å². The Morgan fingerprint density at radius 1 is 1.00 bits per heavy atom. The number of aromatic nitrogens is 3. The molecule has 29 heavy (non-hydrogen) atoms. The van der Waals surface area contributed by atoms with Gasteiger partial charge in [0.25, 0.3) is 5.56 Å². The molecule has 5 heteroatoms. The van der Waals surface area contributed by atoms with Gasteiger partial charge in [-0.1, -0.05) is 31.4 Å². The molecule has 5 rings (SSSR count). The van der Waals surface area contributed by atoms with Gasteiger partial charge in [-0.2, -0.15) is 5.10 Å². The zero-order chi connectivity index (χ0) is 19.8. The van der Waals surface area contributed by atoms with Gasteiger partial charge in [-0.25, -0.2) is 0 Å². The minimum atomic E-state index is 0.129. The fourth-order valence-corrected chi connectivity index (χ4v) is 5.15. The minimum Gasteiger partial charge on any atom is -0.310 e. The van der Waals surface area contributed by atoms with Gasteiger partial charge in [0.2, 0.25) is 0 Å². The molecule has 0 aliphatic heterocycles. The van der Waals surface area contributed by atoms with Gasteiger partial charge in [-0.3, -0.25) is 14.0 Å². The molecule has 0 spiro atoms. The van der Waals surface area contributed by atoms with E-state index < -0.39 is 0 Å². The molecule has 152 valence electrons. The van der Waals surface area contributed by atoms with Gasteiger partial charge in [-0.05, 0) is 61.8 Å². The SMILES string of the molecule is Cn1ncc2c3c(c(=O)n(-c4ccc(CNC5CCCCC5)cc4)c21)CCCC3. The van der Waals surface area contributed by atoms with Crippen LogP contribution in [0.4, 0.5) is 0 Å². The van der Waals surface area contributed by atoms with Crippen LogP contribution < -0.4 is 10.9 Å². The van der Waals surface area contributed by atoms with Crippen molar-refractivity contribution in [2.75, 3.05) is 0 Å². The second-order valence-electron chi connectivity index (χ2n) is 8.69. The van der Waals surface area contributed by atoms with Crippen LogP contribution in [-0.4, -0.2) is 20.4 Å². The monoisotopic (exact) mass is 390 g/mol. The van der Waals surface area contributed by atoms with E-state index in [0.717, 1.165) is 54.5 Å². The van der Waals surface area contributed by atoms with Crippen LogP contribution in [0.15, 0.2) is 35.3 Å². The van der Waals surface area contributed by atoms with Crippen LogP contribution in [0.3, 0.4) is 0 Å². The van der Waals surface area contributed by atoms with Gasteiger partial charge < -0.3 is 5.32 Å². The highest BCUT2D eigenvalue weighted by molar-refractivity contribution is 5.82. The minimum absolute atomic E-state index is 0.129. The Kier molecular flexibility index (Phi) is 5.00. The van der Waals surface area contributed by atoms with Crippen molar-refractivity contribution in [3.05, 3.63) is 57.5 Å². The smallest absolute Gasteiger partial charge is 0.260 e. The molecule has 1 N–H and O–H groups in total. The Morgan fingerprint density at radius 3 is 2.48 bits per heavy atom. The molecule has 1 fully saturated rings. The highest BCUT2D eigenvalue weighted by Crippen LogP contribution is 2.28. The van der Waals surface area contributed by atoms with Crippen molar-refractivity contribution in [1.29, 1.82) is 0 Å². The number of fused-ring (bicyclic) bond motifs is 3. The fourth-order valence-electron chi connectivity index (χ4n) is 5.15. The number of hydrogen-bond acceptors (Lipinski definition) is 3. The highest BCUT2D eigenvalue weighted by atomic mass is 16.1. The van der Waals surface area contributed by atoms with E-state index in [9.17, 15) is 4.79 Å². The molecule has 0 amide bonds. The normalized spacial score (nSPS) is 17.6. The van der Waals surface area contributed by atoms with Gasteiger partial charge in [0, 0.05) is 30.6 Å². The zero-order valence-corrected chi connectivity index (χ0v) is 17.3. The molecule has 1 saturated carbocycles. The predicted octanol–water partition coefficient (Wildman–Crippen LogP) is 4.03. The first-order valence-corrected chi connectivity index (χ1v) is 11.1. The second kappa shape index (κ2) is 7.79. The molecule has 0 unspecified atom stereocenters. The molecular formula is C24H30N4O. The van der Waals surface area contributed by atoms with Crippen LogP contribution >= 0.6 is 0 Å². The summed E-state index contributed by atoms with van der Waals surface area (Å²) in [6.45, 7) is 0.894. The van der Waals surface area contributed by atoms with E-state index in [-0.39, 0.29) is 5.56 Å². The lowest BCUT2D eigenvalue weighted by molar-refractivity contribution is 0.372. The number of pyridine rings is 1. The molecule has 2 aliphatic carbocycles. The van der Waals surface area contributed by atoms with Crippen molar-refractivity contribution in [2.24, 2.45) is 7.05 Å². The van der Waals surface area contributed by atoms with E-state index in [1.54, 1.807) is 0 Å². The molecule has 5 nitrogen and oxygen atoms in total. The largest absolute Gasteiger partial charge is 0.310 e. The lowest BCUT2D eigenvalue weighted by atomic mass is 9.91. The van der Waals surface area contributed by atoms with Crippen molar-refractivity contribution in [1.82, 2.24) is 19.7 Å². The molecule has 0 bridgehead atoms. The summed E-state index contributed by atoms with van der Waals surface area (Å²) in [4.78, 5) is 13.4. The number of hydrogen-bond donors (Lipinski definition) is 1. The molecule has 0 saturated heterocycles. The van der Waals surface area contributed by atoms with Gasteiger partial charge in [0.15, 0.2) is 0 Å². The lowest BCUT2D eigenvalue weighted by Crippen LogP contribution is -2.30. The van der Waals surface area contributed by atoms with Crippen molar-refractivity contribution in [2.45, 2.75) is 70.4 Å². The average molecular weight is 391 g/mol. The maximum atomic E-state index is 13.4. The first-order valence-electron chi connectivity index (χ1n) is 11.1. The molecule has 2 aromatic heterocycles. The first-order chi connectivity index (χ1) is 14.2. The summed E-state index contributed by atoms with van der Waals surface area (Å²) in [5, 5.41) is 9.31. The van der Waals surface area contributed by atoms with Crippen LogP contribution in [0.2, 0.25) is 0 Å². The maximum absolute atomic E-state index is 13.4. The number of benzene rings is 1. The molecule has 0 atom stereocenters. The van der Waals surface area contributed by atoms with Gasteiger partial charge in [0.1, 0.15) is 5.65 Å². The van der Waals surface area contributed by atoms with Crippen molar-refractivity contribution in [3.8, 4) is 5.69 Å². The summed E-state index contributed by atoms with van der Waals surface area (Å²) in [6.07, 6.45) is 12.7. The van der Waals surface area contributed by atoms with Crippen molar-refractivity contribution < 1.29 is 0 Å². The molecular weight excluding hydrogens is 360 g/mol. The van der Waals surface area contributed by atoms with E-state index in [4.69, 9.17) is 0 Å². The number of rotatable bonds is 4. The summed E-state index contributed by atoms with van der Waals surface area (Å²) >= 11 is 0. The Morgan fingerprint density at radius 2 is 1.72 bits per heavy atom. The Labute approximate surface area is 171 Å². The van der Waals surface area contributed by atoms with Crippen molar-refractivity contribution >= 4 is 11.0 Å². The third-order valence-corrected chi connectivity index (χ3v) is 6.77. The van der Waals surface area contributed by atoms with E-state index in [1.807, 2.05) is 22.5 Å². The van der Waals surface area contributed by atoms with E-state index >= 15 is 0 Å². The van der Waals surface area contributed by atoms with Crippen LogP contribution in [0.25, 0.3) is 16.7 Å². The Hall–Kier alpha value is -2.40. The standard InChI is InChI=1S/C24H30N4O/c1-27-23-22(16-26-27)20-9-5-6-10-21(20)24(29)28(23)19-13-11-17(12-14-19)15-25-18-7-3-2-4-8-18/h11-14,16,18,25H,2-10,15H2,1H3. The fraction of sp³-hybridized carbons (Fsp3) is 0.500. The summed E-state index contributed by atoms with van der Waals surface area (Å²) in [6, 6.07) is 9.13. The number of nitrogens with zero attached hydrogens (tertiary/aromatic N) is 3. The molecule has 3 aromatic rings. The van der Waals surface area contributed by atoms with Gasteiger partial charge in [0.05, 0.1) is 11.9 Å². The first kappa shape index (κ1) is 18.6. The zero-order valence-electron chi connectivity index (χ0n) is 17.3. The average Bonchev–Trinajstić information content (AvgIpc) is 3.15. The molecule has 2 aliphatic rings. The van der Waals surface area contributed by atoms with Crippen molar-refractivity contribution in [3.63, 3.8) is 0 Å². The maximum Gasteiger partial charge on any atom is 0.260 e. The van der Waals surface area contributed by atoms with Crippen LogP contribution in [0.5, 0.6) is 0 Å². The topological polar surface area (TPSA) is 51.9 Å². The number of aryl methyl sites for hydroxylation is 2. The van der Waals surface area contributed by atoms with Gasteiger partial charge >= 0.3 is 0 Å². The number of nitrogens with one attached hydrogen (secondary N) is 1. The van der Waals surface area contributed by atoms with E-state index in [2.05, 4.69) is 34.7 Å². The summed E-state index contributed by atoms with van der Waals surface area (Å²) in [5.41, 5.74) is 5.44. The second-order valence-corrected chi connectivity index (χ2v) is 8.69. The lowest BCUT2D eigenvalue weighted by Gasteiger charge is -2.23. The van der Waals surface area contributed by atoms with E-state index in [1.165, 1.54) is 43.2 Å². The third kappa shape index (κ3) is 3.42. The highest BCUT2D eigenvalue weighted by Gasteiger charge is 2.22. The molecule has 1 aromatic carbocycles. The quantitative estimate of drug-likeness (QED) is 0.732. The summed E-state index contributed by atoms with van der Waals surface area (Å²) in [7, 11) is 1.93. The van der Waals surface area contributed by atoms with Gasteiger partial charge in [-0.15, -0.1) is 0 Å². The van der Waals surface area contributed by atoms with Crippen LogP contribution in [0.1, 0.15) is 61.6 Å². The molecule has 0 radical (unpaired) electrons.